The standard InChI is InChI=1S/C17H22O6/c1-10(18)13-12(19)14(20-9-11-7-5-4-6-8-11)15-16(21-13)23-17(2,3)22-15/h4-8,12-16,19H,9H2,1-3H3/t12?,13?,14-,15+,16+/m0/s1. The molecule has 0 aliphatic carbocycles. The molecule has 5 atom stereocenters. The third-order valence-electron chi connectivity index (χ3n) is 4.03. The highest BCUT2D eigenvalue weighted by Crippen LogP contribution is 2.37. The molecule has 2 unspecified atom stereocenters. The first-order chi connectivity index (χ1) is 10.9. The Hall–Kier alpha value is -1.31. The number of carbonyl (C=O) groups is 1. The van der Waals surface area contributed by atoms with Crippen molar-refractivity contribution in [1.29, 1.82) is 0 Å². The van der Waals surface area contributed by atoms with E-state index in [1.165, 1.54) is 6.92 Å². The summed E-state index contributed by atoms with van der Waals surface area (Å²) in [6, 6.07) is 9.62. The topological polar surface area (TPSA) is 74.2 Å². The summed E-state index contributed by atoms with van der Waals surface area (Å²) >= 11 is 0. The van der Waals surface area contributed by atoms with E-state index in [1.807, 2.05) is 30.3 Å². The lowest BCUT2D eigenvalue weighted by atomic mass is 9.96. The molecule has 0 bridgehead atoms. The lowest BCUT2D eigenvalue weighted by Crippen LogP contribution is -2.59. The molecule has 2 aliphatic heterocycles. The highest BCUT2D eigenvalue weighted by Gasteiger charge is 2.55. The number of carbonyl (C=O) groups excluding carboxylic acids is 1. The van der Waals surface area contributed by atoms with Gasteiger partial charge in [0.1, 0.15) is 24.4 Å². The summed E-state index contributed by atoms with van der Waals surface area (Å²) in [5.41, 5.74) is 0.972. The predicted octanol–water partition coefficient (Wildman–Crippen LogP) is 1.40. The zero-order valence-electron chi connectivity index (χ0n) is 13.5. The van der Waals surface area contributed by atoms with Gasteiger partial charge in [-0.2, -0.15) is 0 Å². The van der Waals surface area contributed by atoms with E-state index in [0.29, 0.717) is 6.61 Å². The van der Waals surface area contributed by atoms with Crippen molar-refractivity contribution in [2.24, 2.45) is 0 Å². The van der Waals surface area contributed by atoms with Gasteiger partial charge >= 0.3 is 0 Å². The summed E-state index contributed by atoms with van der Waals surface area (Å²) in [6.45, 7) is 5.21. The molecule has 2 aliphatic rings. The molecule has 0 aromatic heterocycles. The van der Waals surface area contributed by atoms with Gasteiger partial charge in [-0.1, -0.05) is 30.3 Å². The van der Waals surface area contributed by atoms with Crippen LogP contribution in [0.5, 0.6) is 0 Å². The van der Waals surface area contributed by atoms with Crippen LogP contribution < -0.4 is 0 Å². The fourth-order valence-corrected chi connectivity index (χ4v) is 2.97. The molecule has 1 N–H and O–H groups in total. The second-order valence-corrected chi connectivity index (χ2v) is 6.39. The first-order valence-corrected chi connectivity index (χ1v) is 7.72. The van der Waals surface area contributed by atoms with Crippen molar-refractivity contribution in [3.8, 4) is 0 Å². The van der Waals surface area contributed by atoms with Crippen molar-refractivity contribution in [1.82, 2.24) is 0 Å². The first-order valence-electron chi connectivity index (χ1n) is 7.72. The van der Waals surface area contributed by atoms with Gasteiger partial charge in [-0.3, -0.25) is 4.79 Å². The number of hydrogen-bond acceptors (Lipinski definition) is 6. The Kier molecular flexibility index (Phi) is 4.53. The van der Waals surface area contributed by atoms with Gasteiger partial charge in [0, 0.05) is 0 Å². The Bertz CT molecular complexity index is 557. The third kappa shape index (κ3) is 3.46. The largest absolute Gasteiger partial charge is 0.387 e. The number of ketones is 1. The minimum Gasteiger partial charge on any atom is -0.387 e. The second-order valence-electron chi connectivity index (χ2n) is 6.39. The monoisotopic (exact) mass is 322 g/mol. The van der Waals surface area contributed by atoms with Crippen LogP contribution in [0.25, 0.3) is 0 Å². The molecule has 2 fully saturated rings. The molecule has 2 heterocycles. The van der Waals surface area contributed by atoms with Crippen molar-refractivity contribution in [2.45, 2.75) is 63.9 Å². The number of rotatable bonds is 4. The predicted molar refractivity (Wildman–Crippen MR) is 80.4 cm³/mol. The summed E-state index contributed by atoms with van der Waals surface area (Å²) in [4.78, 5) is 11.7. The average Bonchev–Trinajstić information content (AvgIpc) is 2.80. The Morgan fingerprint density at radius 3 is 2.61 bits per heavy atom. The molecule has 2 saturated heterocycles. The molecule has 6 nitrogen and oxygen atoms in total. The van der Waals surface area contributed by atoms with Gasteiger partial charge in [-0.25, -0.2) is 0 Å². The van der Waals surface area contributed by atoms with Crippen molar-refractivity contribution >= 4 is 5.78 Å². The van der Waals surface area contributed by atoms with Crippen LogP contribution in [0.4, 0.5) is 0 Å². The maximum atomic E-state index is 11.7. The zero-order chi connectivity index (χ0) is 16.6. The molecule has 0 spiro atoms. The lowest BCUT2D eigenvalue weighted by molar-refractivity contribution is -0.253. The van der Waals surface area contributed by atoms with Crippen LogP contribution in [-0.4, -0.2) is 47.4 Å². The summed E-state index contributed by atoms with van der Waals surface area (Å²) in [7, 11) is 0. The highest BCUT2D eigenvalue weighted by molar-refractivity contribution is 5.81. The number of hydrogen-bond donors (Lipinski definition) is 1. The number of aliphatic hydroxyl groups excluding tert-OH is 1. The normalized spacial score (nSPS) is 35.7. The highest BCUT2D eigenvalue weighted by atomic mass is 16.8. The van der Waals surface area contributed by atoms with Gasteiger partial charge in [0.15, 0.2) is 17.9 Å². The summed E-state index contributed by atoms with van der Waals surface area (Å²) in [6.07, 6.45) is -4.10. The van der Waals surface area contributed by atoms with E-state index < -0.39 is 36.5 Å². The van der Waals surface area contributed by atoms with Gasteiger partial charge in [0.2, 0.25) is 0 Å². The van der Waals surface area contributed by atoms with Crippen LogP contribution in [0.1, 0.15) is 26.3 Å². The lowest BCUT2D eigenvalue weighted by Gasteiger charge is -2.39. The fourth-order valence-electron chi connectivity index (χ4n) is 2.97. The SMILES string of the molecule is CC(=O)C1O[C@@H]2OC(C)(C)O[C@@H]2[C@@H](OCc2ccccc2)C1O. The zero-order valence-corrected chi connectivity index (χ0v) is 13.5. The summed E-state index contributed by atoms with van der Waals surface area (Å²) < 4.78 is 22.9. The summed E-state index contributed by atoms with van der Waals surface area (Å²) in [5, 5.41) is 10.5. The summed E-state index contributed by atoms with van der Waals surface area (Å²) in [5.74, 6) is -1.12. The Labute approximate surface area is 135 Å². The number of benzene rings is 1. The van der Waals surface area contributed by atoms with Gasteiger partial charge in [0.05, 0.1) is 6.61 Å². The van der Waals surface area contributed by atoms with Crippen LogP contribution in [0, 0.1) is 0 Å². The Morgan fingerprint density at radius 1 is 1.26 bits per heavy atom. The van der Waals surface area contributed by atoms with Crippen LogP contribution >= 0.6 is 0 Å². The van der Waals surface area contributed by atoms with E-state index in [9.17, 15) is 9.90 Å². The quantitative estimate of drug-likeness (QED) is 0.903. The molecule has 1 aromatic carbocycles. The van der Waals surface area contributed by atoms with Crippen LogP contribution in [-0.2, 0) is 30.3 Å². The van der Waals surface area contributed by atoms with Gasteiger partial charge in [-0.15, -0.1) is 0 Å². The van der Waals surface area contributed by atoms with Crippen LogP contribution in [0.3, 0.4) is 0 Å². The van der Waals surface area contributed by atoms with E-state index >= 15 is 0 Å². The Morgan fingerprint density at radius 2 is 1.96 bits per heavy atom. The second kappa shape index (κ2) is 6.30. The van der Waals surface area contributed by atoms with Gasteiger partial charge in [0.25, 0.3) is 0 Å². The molecular formula is C17H22O6. The van der Waals surface area contributed by atoms with Crippen molar-refractivity contribution in [2.75, 3.05) is 0 Å². The van der Waals surface area contributed by atoms with E-state index in [4.69, 9.17) is 18.9 Å². The van der Waals surface area contributed by atoms with Crippen LogP contribution in [0.2, 0.25) is 0 Å². The number of aliphatic hydroxyl groups is 1. The maximum absolute atomic E-state index is 11.7. The molecule has 1 aromatic rings. The number of ether oxygens (including phenoxy) is 4. The fraction of sp³-hybridized carbons (Fsp3) is 0.588. The molecule has 6 heteroatoms. The van der Waals surface area contributed by atoms with Gasteiger partial charge < -0.3 is 24.1 Å². The molecule has 3 rings (SSSR count). The van der Waals surface area contributed by atoms with Gasteiger partial charge in [-0.05, 0) is 26.3 Å². The van der Waals surface area contributed by atoms with Crippen LogP contribution in [0.15, 0.2) is 30.3 Å². The molecule has 126 valence electrons. The molecular weight excluding hydrogens is 300 g/mol. The molecule has 0 saturated carbocycles. The van der Waals surface area contributed by atoms with E-state index in [2.05, 4.69) is 0 Å². The van der Waals surface area contributed by atoms with E-state index in [1.54, 1.807) is 13.8 Å². The van der Waals surface area contributed by atoms with Crippen molar-refractivity contribution in [3.05, 3.63) is 35.9 Å². The third-order valence-corrected chi connectivity index (χ3v) is 4.03. The molecule has 0 radical (unpaired) electrons. The number of Topliss-reactive ketones (excluding diaryl/α,β-unsaturated/α-hetero) is 1. The van der Waals surface area contributed by atoms with Crippen molar-refractivity contribution in [3.63, 3.8) is 0 Å². The molecule has 23 heavy (non-hydrogen) atoms. The minimum atomic E-state index is -1.10. The minimum absolute atomic E-state index is 0.266. The smallest absolute Gasteiger partial charge is 0.190 e. The Balaban J connectivity index is 1.77. The van der Waals surface area contributed by atoms with E-state index in [0.717, 1.165) is 5.56 Å². The van der Waals surface area contributed by atoms with E-state index in [-0.39, 0.29) is 5.78 Å². The number of fused-ring (bicyclic) bond motifs is 1. The first kappa shape index (κ1) is 16.5. The molecule has 0 amide bonds. The maximum Gasteiger partial charge on any atom is 0.190 e. The van der Waals surface area contributed by atoms with Crippen molar-refractivity contribution < 1.29 is 28.8 Å². The average molecular weight is 322 g/mol.